The number of alkyl halides is 3. The van der Waals surface area contributed by atoms with Crippen LogP contribution in [-0.4, -0.2) is 23.7 Å². The molecule has 21 heavy (non-hydrogen) atoms. The maximum absolute atomic E-state index is 13.7. The van der Waals surface area contributed by atoms with Gasteiger partial charge >= 0.3 is 6.18 Å². The Bertz CT molecular complexity index is 500. The lowest BCUT2D eigenvalue weighted by Gasteiger charge is -2.15. The highest BCUT2D eigenvalue weighted by Gasteiger charge is 2.35. The topological polar surface area (TPSA) is 49.3 Å². The van der Waals surface area contributed by atoms with E-state index in [1.807, 2.05) is 13.8 Å². The first kappa shape index (κ1) is 17.4. The number of halogens is 4. The number of aliphatic hydroxyl groups is 1. The van der Waals surface area contributed by atoms with Crippen molar-refractivity contribution in [3.63, 3.8) is 0 Å². The molecule has 0 saturated carbocycles. The van der Waals surface area contributed by atoms with E-state index in [-0.39, 0.29) is 12.5 Å². The fraction of sp³-hybridized carbons (Fsp3) is 0.500. The average molecular weight is 307 g/mol. The fourth-order valence-electron chi connectivity index (χ4n) is 1.86. The Morgan fingerprint density at radius 1 is 1.33 bits per heavy atom. The number of hydrogen-bond donors (Lipinski definition) is 2. The Hall–Kier alpha value is -1.63. The maximum atomic E-state index is 13.7. The molecule has 2 N–H and O–H groups in total. The maximum Gasteiger partial charge on any atom is 0.419 e. The molecule has 1 rings (SSSR count). The number of aliphatic hydroxyl groups excluding tert-OH is 1. The van der Waals surface area contributed by atoms with Crippen molar-refractivity contribution in [3.05, 3.63) is 35.1 Å². The van der Waals surface area contributed by atoms with Gasteiger partial charge in [-0.25, -0.2) is 4.39 Å². The molecule has 0 aromatic heterocycles. The first-order valence-corrected chi connectivity index (χ1v) is 6.45. The van der Waals surface area contributed by atoms with E-state index in [9.17, 15) is 27.5 Å². The van der Waals surface area contributed by atoms with E-state index in [4.69, 9.17) is 0 Å². The lowest BCUT2D eigenvalue weighted by atomic mass is 10.1. The van der Waals surface area contributed by atoms with Gasteiger partial charge in [0.2, 0.25) is 0 Å². The Morgan fingerprint density at radius 2 is 1.95 bits per heavy atom. The van der Waals surface area contributed by atoms with Gasteiger partial charge in [-0.1, -0.05) is 19.9 Å². The molecule has 118 valence electrons. The summed E-state index contributed by atoms with van der Waals surface area (Å²) < 4.78 is 51.3. The summed E-state index contributed by atoms with van der Waals surface area (Å²) in [7, 11) is 0. The molecule has 3 nitrogen and oxygen atoms in total. The van der Waals surface area contributed by atoms with E-state index in [1.165, 1.54) is 0 Å². The minimum atomic E-state index is -4.86. The van der Waals surface area contributed by atoms with Crippen LogP contribution in [0.25, 0.3) is 0 Å². The van der Waals surface area contributed by atoms with Gasteiger partial charge in [0, 0.05) is 6.54 Å². The second-order valence-electron chi connectivity index (χ2n) is 5.16. The second-order valence-corrected chi connectivity index (χ2v) is 5.16. The van der Waals surface area contributed by atoms with Crippen LogP contribution in [0.1, 0.15) is 36.2 Å². The van der Waals surface area contributed by atoms with E-state index < -0.39 is 35.1 Å². The summed E-state index contributed by atoms with van der Waals surface area (Å²) in [6.07, 6.45) is -5.27. The van der Waals surface area contributed by atoms with Gasteiger partial charge in [-0.05, 0) is 24.5 Å². The second kappa shape index (κ2) is 6.89. The highest BCUT2D eigenvalue weighted by atomic mass is 19.4. The zero-order valence-corrected chi connectivity index (χ0v) is 11.7. The molecule has 1 aromatic carbocycles. The number of amides is 1. The van der Waals surface area contributed by atoms with Crippen molar-refractivity contribution in [2.45, 2.75) is 32.5 Å². The number of carbonyl (C=O) groups excluding carboxylic acids is 1. The molecule has 0 bridgehead atoms. The van der Waals surface area contributed by atoms with Gasteiger partial charge < -0.3 is 10.4 Å². The van der Waals surface area contributed by atoms with Gasteiger partial charge in [-0.15, -0.1) is 0 Å². The van der Waals surface area contributed by atoms with Crippen LogP contribution in [0, 0.1) is 11.7 Å². The van der Waals surface area contributed by atoms with Crippen molar-refractivity contribution in [1.29, 1.82) is 0 Å². The smallest absolute Gasteiger partial charge is 0.391 e. The molecule has 0 spiro atoms. The first-order chi connectivity index (χ1) is 9.62. The standard InChI is InChI=1S/C14H17F4NO2/c1-8(2)6-9(20)7-19-13(21)10-4-3-5-11(12(10)15)14(16,17)18/h3-5,8-9,20H,6-7H2,1-2H3,(H,19,21). The monoisotopic (exact) mass is 307 g/mol. The van der Waals surface area contributed by atoms with Crippen LogP contribution in [-0.2, 0) is 6.18 Å². The average Bonchev–Trinajstić information content (AvgIpc) is 2.34. The summed E-state index contributed by atoms with van der Waals surface area (Å²) >= 11 is 0. The van der Waals surface area contributed by atoms with Crippen LogP contribution >= 0.6 is 0 Å². The van der Waals surface area contributed by atoms with Gasteiger partial charge in [0.15, 0.2) is 0 Å². The molecule has 0 fully saturated rings. The van der Waals surface area contributed by atoms with E-state index in [2.05, 4.69) is 5.32 Å². The Kier molecular flexibility index (Phi) is 5.71. The molecule has 7 heteroatoms. The summed E-state index contributed by atoms with van der Waals surface area (Å²) in [4.78, 5) is 11.7. The summed E-state index contributed by atoms with van der Waals surface area (Å²) in [6.45, 7) is 3.60. The Labute approximate surface area is 120 Å². The van der Waals surface area contributed by atoms with Gasteiger partial charge in [-0.3, -0.25) is 4.79 Å². The minimum absolute atomic E-state index is 0.146. The number of rotatable bonds is 5. The fourth-order valence-corrected chi connectivity index (χ4v) is 1.86. The van der Waals surface area contributed by atoms with Gasteiger partial charge in [-0.2, -0.15) is 13.2 Å². The predicted molar refractivity (Wildman–Crippen MR) is 69.2 cm³/mol. The number of benzene rings is 1. The molecular weight excluding hydrogens is 290 g/mol. The van der Waals surface area contributed by atoms with Gasteiger partial charge in [0.05, 0.1) is 17.2 Å². The van der Waals surface area contributed by atoms with E-state index in [1.54, 1.807) is 0 Å². The van der Waals surface area contributed by atoms with Crippen molar-refractivity contribution < 1.29 is 27.5 Å². The summed E-state index contributed by atoms with van der Waals surface area (Å²) in [5.41, 5.74) is -2.18. The number of hydrogen-bond acceptors (Lipinski definition) is 2. The molecular formula is C14H17F4NO2. The van der Waals surface area contributed by atoms with Crippen LogP contribution < -0.4 is 5.32 Å². The van der Waals surface area contributed by atoms with Crippen molar-refractivity contribution in [3.8, 4) is 0 Å². The number of nitrogens with one attached hydrogen (secondary N) is 1. The Balaban J connectivity index is 2.80. The molecule has 0 heterocycles. The van der Waals surface area contributed by atoms with Gasteiger partial charge in [0.25, 0.3) is 5.91 Å². The molecule has 0 saturated heterocycles. The summed E-state index contributed by atoms with van der Waals surface area (Å²) in [5.74, 6) is -2.40. The zero-order chi connectivity index (χ0) is 16.2. The molecule has 0 aliphatic rings. The van der Waals surface area contributed by atoms with Crippen molar-refractivity contribution in [2.75, 3.05) is 6.54 Å². The van der Waals surface area contributed by atoms with E-state index in [0.29, 0.717) is 12.5 Å². The lowest BCUT2D eigenvalue weighted by molar-refractivity contribution is -0.140. The molecule has 1 unspecified atom stereocenters. The SMILES string of the molecule is CC(C)CC(O)CNC(=O)c1cccc(C(F)(F)F)c1F. The van der Waals surface area contributed by atoms with Crippen molar-refractivity contribution >= 4 is 5.91 Å². The first-order valence-electron chi connectivity index (χ1n) is 6.45. The van der Waals surface area contributed by atoms with Crippen LogP contribution in [0.4, 0.5) is 17.6 Å². The van der Waals surface area contributed by atoms with Crippen LogP contribution in [0.15, 0.2) is 18.2 Å². The predicted octanol–water partition coefficient (Wildman–Crippen LogP) is 2.98. The molecule has 1 aromatic rings. The third-order valence-corrected chi connectivity index (χ3v) is 2.79. The van der Waals surface area contributed by atoms with Crippen LogP contribution in [0.5, 0.6) is 0 Å². The largest absolute Gasteiger partial charge is 0.419 e. The molecule has 1 amide bonds. The third kappa shape index (κ3) is 5.00. The van der Waals surface area contributed by atoms with Crippen molar-refractivity contribution in [2.24, 2.45) is 5.92 Å². The molecule has 1 atom stereocenters. The quantitative estimate of drug-likeness (QED) is 0.822. The highest BCUT2D eigenvalue weighted by Crippen LogP contribution is 2.32. The Morgan fingerprint density at radius 3 is 2.48 bits per heavy atom. The van der Waals surface area contributed by atoms with E-state index in [0.717, 1.165) is 12.1 Å². The number of carbonyl (C=O) groups is 1. The molecule has 0 aliphatic heterocycles. The highest BCUT2D eigenvalue weighted by molar-refractivity contribution is 5.94. The molecule has 0 aliphatic carbocycles. The normalized spacial score (nSPS) is 13.3. The van der Waals surface area contributed by atoms with Crippen molar-refractivity contribution in [1.82, 2.24) is 5.32 Å². The van der Waals surface area contributed by atoms with E-state index >= 15 is 0 Å². The summed E-state index contributed by atoms with van der Waals surface area (Å²) in [5, 5.41) is 11.8. The zero-order valence-electron chi connectivity index (χ0n) is 11.7. The lowest BCUT2D eigenvalue weighted by Crippen LogP contribution is -2.33. The third-order valence-electron chi connectivity index (χ3n) is 2.79. The van der Waals surface area contributed by atoms with Crippen LogP contribution in [0.2, 0.25) is 0 Å². The molecule has 0 radical (unpaired) electrons. The minimum Gasteiger partial charge on any atom is -0.391 e. The van der Waals surface area contributed by atoms with Gasteiger partial charge in [0.1, 0.15) is 5.82 Å². The van der Waals surface area contributed by atoms with Crippen LogP contribution in [0.3, 0.4) is 0 Å². The summed E-state index contributed by atoms with van der Waals surface area (Å²) in [6, 6.07) is 2.50.